The Hall–Kier alpha value is -2.20. The van der Waals surface area contributed by atoms with Crippen LogP contribution in [0, 0.1) is 5.82 Å². The molecule has 0 aromatic heterocycles. The molecule has 2 aromatic rings. The summed E-state index contributed by atoms with van der Waals surface area (Å²) in [6.45, 7) is 6.09. The lowest BCUT2D eigenvalue weighted by Gasteiger charge is -2.16. The Balaban J connectivity index is 0.000000206. The monoisotopic (exact) mass is 370 g/mol. The highest BCUT2D eigenvalue weighted by Gasteiger charge is 2.17. The summed E-state index contributed by atoms with van der Waals surface area (Å²) in [5, 5.41) is 2.66. The molecule has 3 rings (SSSR count). The van der Waals surface area contributed by atoms with Crippen LogP contribution in [0.1, 0.15) is 62.1 Å². The van der Waals surface area contributed by atoms with E-state index in [4.69, 9.17) is 0 Å². The molecular weight excluding hydrogens is 339 g/mol. The fourth-order valence-corrected chi connectivity index (χ4v) is 3.64. The van der Waals surface area contributed by atoms with Crippen LogP contribution in [0.15, 0.2) is 42.5 Å². The molecule has 0 unspecified atom stereocenters. The maximum atomic E-state index is 13.0. The van der Waals surface area contributed by atoms with Gasteiger partial charge in [0.25, 0.3) is 0 Å². The maximum Gasteiger partial charge on any atom is 0.211 e. The third-order valence-electron chi connectivity index (χ3n) is 4.97. The second-order valence-corrected chi connectivity index (χ2v) is 7.21. The first-order valence-electron chi connectivity index (χ1n) is 9.83. The van der Waals surface area contributed by atoms with Gasteiger partial charge in [0.2, 0.25) is 6.41 Å². The molecule has 0 fully saturated rings. The molecule has 3 nitrogen and oxygen atoms in total. The summed E-state index contributed by atoms with van der Waals surface area (Å²) >= 11 is 0. The number of carbonyl (C=O) groups excluding carboxylic acids is 1. The summed E-state index contributed by atoms with van der Waals surface area (Å²) in [5.74, 6) is 0.604. The van der Waals surface area contributed by atoms with Crippen LogP contribution in [0.25, 0.3) is 0 Å². The minimum Gasteiger partial charge on any atom is -0.329 e. The Kier molecular flexibility index (Phi) is 8.46. The minimum absolute atomic E-state index is 0.0631. The Morgan fingerprint density at radius 3 is 2.30 bits per heavy atom. The predicted molar refractivity (Wildman–Crippen MR) is 110 cm³/mol. The summed E-state index contributed by atoms with van der Waals surface area (Å²) in [4.78, 5) is 12.4. The molecule has 146 valence electrons. The number of halogens is 1. The van der Waals surface area contributed by atoms with Gasteiger partial charge >= 0.3 is 0 Å². The summed E-state index contributed by atoms with van der Waals surface area (Å²) in [5.41, 5.74) is 4.26. The first kappa shape index (κ1) is 21.1. The van der Waals surface area contributed by atoms with E-state index >= 15 is 0 Å². The quantitative estimate of drug-likeness (QED) is 0.633. The molecule has 0 spiro atoms. The number of rotatable bonds is 7. The fourth-order valence-electron chi connectivity index (χ4n) is 3.64. The number of nitrogens with one attached hydrogen (secondary N) is 1. The van der Waals surface area contributed by atoms with Crippen LogP contribution in [0.4, 0.5) is 10.1 Å². The van der Waals surface area contributed by atoms with Gasteiger partial charge in [-0.3, -0.25) is 9.69 Å². The second-order valence-electron chi connectivity index (χ2n) is 7.21. The SMILES string of the molecule is CCCC(CCC)c1ccc(NC=O)cc1.CN1Cc2cccc(F)c2C1. The van der Waals surface area contributed by atoms with Crippen LogP contribution in [-0.4, -0.2) is 18.4 Å². The van der Waals surface area contributed by atoms with E-state index in [2.05, 4.69) is 36.2 Å². The topological polar surface area (TPSA) is 32.3 Å². The van der Waals surface area contributed by atoms with Gasteiger partial charge in [-0.15, -0.1) is 0 Å². The Morgan fingerprint density at radius 1 is 1.07 bits per heavy atom. The standard InChI is InChI=1S/C14H21NO.C9H10FN/c1-3-5-12(6-4-2)13-7-9-14(10-8-13)15-11-16;1-11-5-7-3-2-4-9(10)8(7)6-11/h7-12H,3-6H2,1-2H3,(H,15,16);2-4H,5-6H2,1H3. The fraction of sp³-hybridized carbons (Fsp3) is 0.435. The molecule has 2 aromatic carbocycles. The smallest absolute Gasteiger partial charge is 0.211 e. The van der Waals surface area contributed by atoms with Crippen LogP contribution in [0.2, 0.25) is 0 Å². The molecule has 1 N–H and O–H groups in total. The number of anilines is 1. The van der Waals surface area contributed by atoms with Crippen molar-refractivity contribution in [2.75, 3.05) is 12.4 Å². The van der Waals surface area contributed by atoms with Gasteiger partial charge in [0, 0.05) is 24.3 Å². The van der Waals surface area contributed by atoms with Crippen molar-refractivity contribution in [3.8, 4) is 0 Å². The summed E-state index contributed by atoms with van der Waals surface area (Å²) in [7, 11) is 2.00. The minimum atomic E-state index is -0.0631. The zero-order valence-corrected chi connectivity index (χ0v) is 16.7. The van der Waals surface area contributed by atoms with Gasteiger partial charge in [-0.2, -0.15) is 0 Å². The van der Waals surface area contributed by atoms with Gasteiger partial charge in [0.15, 0.2) is 0 Å². The van der Waals surface area contributed by atoms with Gasteiger partial charge in [0.1, 0.15) is 5.82 Å². The molecule has 0 saturated carbocycles. The number of carbonyl (C=O) groups is 1. The van der Waals surface area contributed by atoms with Crippen molar-refractivity contribution in [1.82, 2.24) is 4.90 Å². The van der Waals surface area contributed by atoms with Crippen molar-refractivity contribution in [2.45, 2.75) is 58.5 Å². The van der Waals surface area contributed by atoms with E-state index in [1.165, 1.54) is 37.3 Å². The van der Waals surface area contributed by atoms with Gasteiger partial charge in [-0.25, -0.2) is 4.39 Å². The van der Waals surface area contributed by atoms with Crippen molar-refractivity contribution in [1.29, 1.82) is 0 Å². The van der Waals surface area contributed by atoms with Crippen molar-refractivity contribution in [3.63, 3.8) is 0 Å². The van der Waals surface area contributed by atoms with Crippen molar-refractivity contribution < 1.29 is 9.18 Å². The normalized spacial score (nSPS) is 13.1. The van der Waals surface area contributed by atoms with Gasteiger partial charge in [-0.05, 0) is 55.1 Å². The van der Waals surface area contributed by atoms with E-state index in [1.54, 1.807) is 6.07 Å². The predicted octanol–water partition coefficient (Wildman–Crippen LogP) is 5.71. The Labute approximate surface area is 162 Å². The van der Waals surface area contributed by atoms with Gasteiger partial charge < -0.3 is 5.32 Å². The highest BCUT2D eigenvalue weighted by molar-refractivity contribution is 5.71. The van der Waals surface area contributed by atoms with E-state index in [0.717, 1.165) is 29.9 Å². The number of hydrogen-bond acceptors (Lipinski definition) is 2. The lowest BCUT2D eigenvalue weighted by molar-refractivity contribution is -0.105. The average molecular weight is 371 g/mol. The molecule has 0 saturated heterocycles. The highest BCUT2D eigenvalue weighted by atomic mass is 19.1. The number of fused-ring (bicyclic) bond motifs is 1. The largest absolute Gasteiger partial charge is 0.329 e. The zero-order chi connectivity index (χ0) is 19.6. The molecule has 1 aliphatic heterocycles. The lowest BCUT2D eigenvalue weighted by atomic mass is 9.90. The molecule has 4 heteroatoms. The van der Waals surface area contributed by atoms with E-state index in [9.17, 15) is 9.18 Å². The molecule has 27 heavy (non-hydrogen) atoms. The van der Waals surface area contributed by atoms with Crippen LogP contribution < -0.4 is 5.32 Å². The van der Waals surface area contributed by atoms with Crippen LogP contribution in [-0.2, 0) is 17.9 Å². The molecule has 0 atom stereocenters. The zero-order valence-electron chi connectivity index (χ0n) is 16.7. The van der Waals surface area contributed by atoms with Crippen LogP contribution in [0.3, 0.4) is 0 Å². The number of hydrogen-bond donors (Lipinski definition) is 1. The first-order valence-corrected chi connectivity index (χ1v) is 9.83. The van der Waals surface area contributed by atoms with Gasteiger partial charge in [0.05, 0.1) is 0 Å². The molecule has 1 amide bonds. The Morgan fingerprint density at radius 2 is 1.74 bits per heavy atom. The van der Waals surface area contributed by atoms with Crippen LogP contribution >= 0.6 is 0 Å². The van der Waals surface area contributed by atoms with Crippen molar-refractivity contribution in [3.05, 3.63) is 65.0 Å². The molecule has 0 radical (unpaired) electrons. The molecule has 1 aliphatic rings. The number of amides is 1. The first-order chi connectivity index (χ1) is 13.1. The molecule has 0 bridgehead atoms. The van der Waals surface area contributed by atoms with E-state index in [1.807, 2.05) is 25.2 Å². The third-order valence-corrected chi connectivity index (χ3v) is 4.97. The summed E-state index contributed by atoms with van der Waals surface area (Å²) < 4.78 is 13.0. The number of benzene rings is 2. The van der Waals surface area contributed by atoms with Gasteiger partial charge in [-0.1, -0.05) is 51.0 Å². The molecule has 0 aliphatic carbocycles. The summed E-state index contributed by atoms with van der Waals surface area (Å²) in [6, 6.07) is 13.5. The Bertz CT molecular complexity index is 709. The van der Waals surface area contributed by atoms with E-state index in [-0.39, 0.29) is 5.82 Å². The van der Waals surface area contributed by atoms with Crippen molar-refractivity contribution in [2.24, 2.45) is 0 Å². The van der Waals surface area contributed by atoms with Crippen molar-refractivity contribution >= 4 is 12.1 Å². The third kappa shape index (κ3) is 6.17. The van der Waals surface area contributed by atoms with Crippen LogP contribution in [0.5, 0.6) is 0 Å². The average Bonchev–Trinajstić information content (AvgIpc) is 3.05. The second kappa shape index (κ2) is 10.8. The number of nitrogens with zero attached hydrogens (tertiary/aromatic N) is 1. The molecule has 1 heterocycles. The lowest BCUT2D eigenvalue weighted by Crippen LogP contribution is -2.07. The summed E-state index contributed by atoms with van der Waals surface area (Å²) in [6.07, 6.45) is 5.64. The maximum absolute atomic E-state index is 13.0. The highest BCUT2D eigenvalue weighted by Crippen LogP contribution is 2.27. The van der Waals surface area contributed by atoms with E-state index in [0.29, 0.717) is 12.3 Å². The van der Waals surface area contributed by atoms with E-state index < -0.39 is 0 Å². The molecular formula is C23H31FN2O.